The zero-order chi connectivity index (χ0) is 9.26. The van der Waals surface area contributed by atoms with Crippen molar-refractivity contribution in [1.82, 2.24) is 0 Å². The molecule has 74 valence electrons. The molecule has 1 nitrogen and oxygen atoms in total. The first-order chi connectivity index (χ1) is 6.27. The van der Waals surface area contributed by atoms with E-state index in [4.69, 9.17) is 0 Å². The van der Waals surface area contributed by atoms with Crippen molar-refractivity contribution in [3.8, 4) is 0 Å². The number of aromatic nitrogens is 1. The van der Waals surface area contributed by atoms with Gasteiger partial charge in [0, 0.05) is 11.5 Å². The number of hydrogen-bond acceptors (Lipinski definition) is 0. The van der Waals surface area contributed by atoms with Gasteiger partial charge in [0.1, 0.15) is 0 Å². The van der Waals surface area contributed by atoms with Crippen LogP contribution in [0.25, 0.3) is 10.8 Å². The summed E-state index contributed by atoms with van der Waals surface area (Å²) in [7, 11) is 0. The summed E-state index contributed by atoms with van der Waals surface area (Å²) in [5, 5.41) is 2.61. The largest absolute Gasteiger partial charge is 1.00 e. The molecule has 14 heavy (non-hydrogen) atoms. The highest BCUT2D eigenvalue weighted by Crippen LogP contribution is 2.10. The fraction of sp³-hybridized carbons (Fsp3) is 0.250. The Balaban J connectivity index is 0.000000980. The maximum absolute atomic E-state index is 2.22. The van der Waals surface area contributed by atoms with Gasteiger partial charge in [-0.05, 0) is 25.3 Å². The summed E-state index contributed by atoms with van der Waals surface area (Å²) < 4.78 is 2.22. The highest BCUT2D eigenvalue weighted by atomic mass is 127. The minimum absolute atomic E-state index is 0. The van der Waals surface area contributed by atoms with E-state index in [1.807, 2.05) is 0 Å². The topological polar surface area (TPSA) is 3.88 Å². The van der Waals surface area contributed by atoms with Crippen LogP contribution in [0.1, 0.15) is 19.9 Å². The first-order valence-electron chi connectivity index (χ1n) is 4.67. The molecule has 0 aliphatic heterocycles. The quantitative estimate of drug-likeness (QED) is 0.503. The maximum Gasteiger partial charge on any atom is 0.176 e. The molecule has 2 aromatic rings. The molecule has 0 fully saturated rings. The molecule has 0 aliphatic carbocycles. The highest BCUT2D eigenvalue weighted by molar-refractivity contribution is 5.80. The maximum atomic E-state index is 2.22. The Morgan fingerprint density at radius 1 is 1.00 bits per heavy atom. The molecule has 0 saturated carbocycles. The standard InChI is InChI=1S/C12H14N.HI/c1-10(2)13-8-7-11-5-3-4-6-12(11)9-13;/h3-10H,1-2H3;1H/q+1;/p-1. The summed E-state index contributed by atoms with van der Waals surface area (Å²) in [5.41, 5.74) is 0. The molecule has 0 bridgehead atoms. The Labute approximate surface area is 102 Å². The lowest BCUT2D eigenvalue weighted by molar-refractivity contribution is -0.715. The Bertz CT molecular complexity index is 423. The number of rotatable bonds is 1. The van der Waals surface area contributed by atoms with E-state index in [0.717, 1.165) is 0 Å². The van der Waals surface area contributed by atoms with Crippen molar-refractivity contribution in [3.05, 3.63) is 42.7 Å². The lowest BCUT2D eigenvalue weighted by atomic mass is 10.2. The zero-order valence-corrected chi connectivity index (χ0v) is 10.6. The van der Waals surface area contributed by atoms with Gasteiger partial charge in [-0.1, -0.05) is 18.2 Å². The van der Waals surface area contributed by atoms with E-state index in [9.17, 15) is 0 Å². The predicted molar refractivity (Wildman–Crippen MR) is 54.5 cm³/mol. The summed E-state index contributed by atoms with van der Waals surface area (Å²) >= 11 is 0. The predicted octanol–water partition coefficient (Wildman–Crippen LogP) is -0.288. The molecule has 0 aliphatic rings. The molecule has 0 saturated heterocycles. The normalized spacial score (nSPS) is 10.2. The summed E-state index contributed by atoms with van der Waals surface area (Å²) in [4.78, 5) is 0. The third-order valence-corrected chi connectivity index (χ3v) is 2.31. The number of fused-ring (bicyclic) bond motifs is 1. The third-order valence-electron chi connectivity index (χ3n) is 2.31. The van der Waals surface area contributed by atoms with E-state index in [-0.39, 0.29) is 24.0 Å². The average molecular weight is 299 g/mol. The summed E-state index contributed by atoms with van der Waals surface area (Å²) in [6, 6.07) is 11.1. The highest BCUT2D eigenvalue weighted by Gasteiger charge is 2.05. The Morgan fingerprint density at radius 3 is 2.29 bits per heavy atom. The summed E-state index contributed by atoms with van der Waals surface area (Å²) in [6.45, 7) is 4.38. The van der Waals surface area contributed by atoms with Crippen molar-refractivity contribution in [3.63, 3.8) is 0 Å². The van der Waals surface area contributed by atoms with Crippen LogP contribution in [0.4, 0.5) is 0 Å². The Kier molecular flexibility index (Phi) is 3.86. The molecule has 0 spiro atoms. The SMILES string of the molecule is CC(C)[n+]1ccc2ccccc2c1.[I-]. The zero-order valence-electron chi connectivity index (χ0n) is 8.44. The van der Waals surface area contributed by atoms with Gasteiger partial charge in [0.25, 0.3) is 0 Å². The van der Waals surface area contributed by atoms with Crippen molar-refractivity contribution >= 4 is 10.8 Å². The van der Waals surface area contributed by atoms with Gasteiger partial charge in [-0.25, -0.2) is 4.57 Å². The Hall–Kier alpha value is -0.640. The number of nitrogens with zero attached hydrogens (tertiary/aromatic N) is 1. The van der Waals surface area contributed by atoms with Crippen LogP contribution in [-0.2, 0) is 0 Å². The van der Waals surface area contributed by atoms with Gasteiger partial charge in [0.15, 0.2) is 18.4 Å². The molecule has 2 rings (SSSR count). The van der Waals surface area contributed by atoms with E-state index in [1.165, 1.54) is 10.8 Å². The fourth-order valence-electron chi connectivity index (χ4n) is 1.47. The molecule has 0 radical (unpaired) electrons. The second-order valence-electron chi connectivity index (χ2n) is 3.61. The lowest BCUT2D eigenvalue weighted by Crippen LogP contribution is -3.00. The van der Waals surface area contributed by atoms with Gasteiger partial charge in [0.05, 0.1) is 0 Å². The molecule has 1 aromatic heterocycles. The number of hydrogen-bond donors (Lipinski definition) is 0. The molecule has 1 aromatic carbocycles. The second-order valence-corrected chi connectivity index (χ2v) is 3.61. The van der Waals surface area contributed by atoms with E-state index in [1.54, 1.807) is 0 Å². The van der Waals surface area contributed by atoms with Crippen LogP contribution < -0.4 is 28.5 Å². The molecule has 0 atom stereocenters. The third kappa shape index (κ3) is 2.23. The van der Waals surface area contributed by atoms with Crippen LogP contribution >= 0.6 is 0 Å². The lowest BCUT2D eigenvalue weighted by Gasteiger charge is -2.00. The molecule has 0 amide bonds. The Morgan fingerprint density at radius 2 is 1.64 bits per heavy atom. The van der Waals surface area contributed by atoms with E-state index < -0.39 is 0 Å². The van der Waals surface area contributed by atoms with Gasteiger partial charge in [-0.2, -0.15) is 0 Å². The fourth-order valence-corrected chi connectivity index (χ4v) is 1.47. The minimum Gasteiger partial charge on any atom is -1.00 e. The van der Waals surface area contributed by atoms with Crippen LogP contribution in [0.3, 0.4) is 0 Å². The van der Waals surface area contributed by atoms with Gasteiger partial charge in [-0.15, -0.1) is 0 Å². The number of pyridine rings is 1. The average Bonchev–Trinajstić information content (AvgIpc) is 2.17. The van der Waals surface area contributed by atoms with Crippen molar-refractivity contribution < 1.29 is 28.5 Å². The summed E-state index contributed by atoms with van der Waals surface area (Å²) in [6.07, 6.45) is 4.33. The first-order valence-corrected chi connectivity index (χ1v) is 4.67. The van der Waals surface area contributed by atoms with Gasteiger partial charge in [-0.3, -0.25) is 0 Å². The molecule has 0 N–H and O–H groups in total. The van der Waals surface area contributed by atoms with E-state index in [2.05, 4.69) is 61.1 Å². The minimum atomic E-state index is 0. The smallest absolute Gasteiger partial charge is 0.176 e. The van der Waals surface area contributed by atoms with Gasteiger partial charge >= 0.3 is 0 Å². The van der Waals surface area contributed by atoms with E-state index >= 15 is 0 Å². The van der Waals surface area contributed by atoms with Crippen molar-refractivity contribution in [2.75, 3.05) is 0 Å². The number of benzene rings is 1. The van der Waals surface area contributed by atoms with Gasteiger partial charge < -0.3 is 24.0 Å². The molecule has 2 heteroatoms. The van der Waals surface area contributed by atoms with Crippen molar-refractivity contribution in [1.29, 1.82) is 0 Å². The molecule has 1 heterocycles. The number of halogens is 1. The molecular formula is C12H14IN. The first kappa shape index (κ1) is 11.4. The van der Waals surface area contributed by atoms with Crippen molar-refractivity contribution in [2.45, 2.75) is 19.9 Å². The van der Waals surface area contributed by atoms with Crippen LogP contribution in [0.5, 0.6) is 0 Å². The van der Waals surface area contributed by atoms with E-state index in [0.29, 0.717) is 6.04 Å². The van der Waals surface area contributed by atoms with Crippen LogP contribution in [0, 0.1) is 0 Å². The van der Waals surface area contributed by atoms with Crippen molar-refractivity contribution in [2.24, 2.45) is 0 Å². The molecular weight excluding hydrogens is 285 g/mol. The molecule has 0 unspecified atom stereocenters. The monoisotopic (exact) mass is 299 g/mol. The van der Waals surface area contributed by atoms with Crippen LogP contribution in [-0.4, -0.2) is 0 Å². The summed E-state index contributed by atoms with van der Waals surface area (Å²) in [5.74, 6) is 0. The van der Waals surface area contributed by atoms with Crippen LogP contribution in [0.15, 0.2) is 42.7 Å². The van der Waals surface area contributed by atoms with Crippen LogP contribution in [0.2, 0.25) is 0 Å². The second kappa shape index (κ2) is 4.73. The van der Waals surface area contributed by atoms with Gasteiger partial charge in [0.2, 0.25) is 0 Å².